The number of carboxylic acid groups (broad SMARTS) is 1. The Hall–Kier alpha value is -1.46. The van der Waals surface area contributed by atoms with Gasteiger partial charge in [-0.25, -0.2) is 9.59 Å². The molecule has 11 heavy (non-hydrogen) atoms. The lowest BCUT2D eigenvalue weighted by Crippen LogP contribution is -1.97. The number of amides is 1. The van der Waals surface area contributed by atoms with Crippen LogP contribution in [-0.4, -0.2) is 23.8 Å². The molecule has 0 saturated heterocycles. The van der Waals surface area contributed by atoms with Crippen molar-refractivity contribution in [3.05, 3.63) is 6.54 Å². The zero-order chi connectivity index (χ0) is 8.69. The highest BCUT2D eigenvalue weighted by molar-refractivity contribution is 5.76. The number of ether oxygens (including phenoxy) is 1. The van der Waals surface area contributed by atoms with E-state index in [1.54, 1.807) is 6.92 Å². The Morgan fingerprint density at radius 2 is 2.27 bits per heavy atom. The van der Waals surface area contributed by atoms with Crippen LogP contribution in [0.15, 0.2) is 10.2 Å². The predicted molar refractivity (Wildman–Crippen MR) is 33.8 cm³/mol. The Balaban J connectivity index is 3.56. The minimum absolute atomic E-state index is 0.185. The minimum Gasteiger partial charge on any atom is -0.480 e. The van der Waals surface area contributed by atoms with Crippen molar-refractivity contribution in [3.63, 3.8) is 0 Å². The zero-order valence-corrected chi connectivity index (χ0v) is 5.85. The van der Waals surface area contributed by atoms with E-state index in [4.69, 9.17) is 5.11 Å². The van der Waals surface area contributed by atoms with Crippen molar-refractivity contribution in [1.82, 2.24) is 0 Å². The average molecular weight is 159 g/mol. The van der Waals surface area contributed by atoms with Crippen molar-refractivity contribution in [2.24, 2.45) is 10.2 Å². The van der Waals surface area contributed by atoms with Crippen LogP contribution in [0.3, 0.4) is 0 Å². The molecule has 0 aromatic rings. The summed E-state index contributed by atoms with van der Waals surface area (Å²) in [5.74, 6) is -1.27. The molecule has 6 heteroatoms. The molecule has 0 heterocycles. The molecule has 0 rings (SSSR count). The first-order valence-corrected chi connectivity index (χ1v) is 2.80. The monoisotopic (exact) mass is 159 g/mol. The van der Waals surface area contributed by atoms with E-state index in [-0.39, 0.29) is 6.61 Å². The summed E-state index contributed by atoms with van der Waals surface area (Å²) < 4.78 is 4.31. The van der Waals surface area contributed by atoms with Crippen LogP contribution < -0.4 is 0 Å². The first-order valence-electron chi connectivity index (χ1n) is 2.80. The molecule has 0 atom stereocenters. The second kappa shape index (κ2) is 5.33. The van der Waals surface area contributed by atoms with E-state index in [0.717, 1.165) is 0 Å². The van der Waals surface area contributed by atoms with Crippen LogP contribution in [0.2, 0.25) is 0 Å². The Morgan fingerprint density at radius 1 is 1.64 bits per heavy atom. The molecule has 0 aromatic heterocycles. The fourth-order valence-corrected chi connectivity index (χ4v) is 0.278. The third-order valence-corrected chi connectivity index (χ3v) is 0.575. The second-order valence-corrected chi connectivity index (χ2v) is 1.38. The predicted octanol–water partition coefficient (Wildman–Crippen LogP) is 0.841. The smallest absolute Gasteiger partial charge is 0.452 e. The van der Waals surface area contributed by atoms with Gasteiger partial charge in [-0.3, -0.25) is 0 Å². The molecule has 1 radical (unpaired) electrons. The standard InChI is InChI=1S/C5H7N2O4/c1-2-11-5(10)7-6-3-4(8)9/h3H,2H2,1H3,(H,8,9)/b7-6+. The van der Waals surface area contributed by atoms with Crippen LogP contribution in [0.25, 0.3) is 0 Å². The zero-order valence-electron chi connectivity index (χ0n) is 5.85. The molecule has 0 aromatic carbocycles. The molecular weight excluding hydrogens is 152 g/mol. The molecule has 1 amide bonds. The topological polar surface area (TPSA) is 88.3 Å². The number of aliphatic carboxylic acids is 1. The van der Waals surface area contributed by atoms with Crippen molar-refractivity contribution in [3.8, 4) is 0 Å². The van der Waals surface area contributed by atoms with Crippen LogP contribution in [0, 0.1) is 6.54 Å². The molecule has 0 saturated carbocycles. The number of azo groups is 1. The molecule has 6 nitrogen and oxygen atoms in total. The Bertz CT molecular complexity index is 177. The normalized spacial score (nSPS) is 9.91. The Kier molecular flexibility index (Phi) is 4.63. The van der Waals surface area contributed by atoms with Crippen LogP contribution >= 0.6 is 0 Å². The quantitative estimate of drug-likeness (QED) is 0.618. The third-order valence-electron chi connectivity index (χ3n) is 0.575. The van der Waals surface area contributed by atoms with Crippen molar-refractivity contribution in [2.45, 2.75) is 6.92 Å². The van der Waals surface area contributed by atoms with Gasteiger partial charge < -0.3 is 9.84 Å². The summed E-state index contributed by atoms with van der Waals surface area (Å²) in [4.78, 5) is 20.1. The van der Waals surface area contributed by atoms with Gasteiger partial charge in [0, 0.05) is 0 Å². The number of carbonyl (C=O) groups excluding carboxylic acids is 1. The summed E-state index contributed by atoms with van der Waals surface area (Å²) in [6, 6.07) is 0. The van der Waals surface area contributed by atoms with Crippen molar-refractivity contribution in [1.29, 1.82) is 0 Å². The van der Waals surface area contributed by atoms with Gasteiger partial charge in [-0.05, 0) is 6.92 Å². The van der Waals surface area contributed by atoms with Crippen LogP contribution in [0.4, 0.5) is 4.79 Å². The molecule has 0 spiro atoms. The second-order valence-electron chi connectivity index (χ2n) is 1.38. The lowest BCUT2D eigenvalue weighted by molar-refractivity contribution is -0.133. The average Bonchev–Trinajstić information content (AvgIpc) is 1.87. The molecule has 0 unspecified atom stereocenters. The van der Waals surface area contributed by atoms with Gasteiger partial charge in [0.2, 0.25) is 6.54 Å². The largest absolute Gasteiger partial charge is 0.480 e. The maximum atomic E-state index is 10.3. The molecule has 61 valence electrons. The maximum absolute atomic E-state index is 10.3. The fraction of sp³-hybridized carbons (Fsp3) is 0.400. The number of carbonyl (C=O) groups is 2. The van der Waals surface area contributed by atoms with Gasteiger partial charge in [0.1, 0.15) is 0 Å². The van der Waals surface area contributed by atoms with Gasteiger partial charge >= 0.3 is 12.1 Å². The maximum Gasteiger partial charge on any atom is 0.452 e. The van der Waals surface area contributed by atoms with Gasteiger partial charge in [-0.15, -0.1) is 0 Å². The molecule has 0 bridgehead atoms. The summed E-state index contributed by atoms with van der Waals surface area (Å²) in [7, 11) is 0. The van der Waals surface area contributed by atoms with Crippen molar-refractivity contribution >= 4 is 12.1 Å². The van der Waals surface area contributed by atoms with Crippen LogP contribution in [0.5, 0.6) is 0 Å². The Morgan fingerprint density at radius 3 is 2.73 bits per heavy atom. The molecule has 0 aliphatic heterocycles. The van der Waals surface area contributed by atoms with E-state index in [2.05, 4.69) is 15.0 Å². The van der Waals surface area contributed by atoms with E-state index < -0.39 is 12.1 Å². The lowest BCUT2D eigenvalue weighted by Gasteiger charge is -1.90. The summed E-state index contributed by atoms with van der Waals surface area (Å²) >= 11 is 0. The molecular formula is C5H7N2O4. The summed E-state index contributed by atoms with van der Waals surface area (Å²) in [5, 5.41) is 13.8. The van der Waals surface area contributed by atoms with E-state index in [1.165, 1.54) is 0 Å². The molecule has 0 aliphatic carbocycles. The minimum atomic E-state index is -1.27. The molecule has 1 N–H and O–H groups in total. The fourth-order valence-electron chi connectivity index (χ4n) is 0.278. The van der Waals surface area contributed by atoms with Gasteiger partial charge in [0.15, 0.2) is 0 Å². The number of hydrogen-bond donors (Lipinski definition) is 1. The third kappa shape index (κ3) is 6.42. The number of hydrogen-bond acceptors (Lipinski definition) is 4. The van der Waals surface area contributed by atoms with E-state index in [9.17, 15) is 9.59 Å². The van der Waals surface area contributed by atoms with Gasteiger partial charge in [0.25, 0.3) is 0 Å². The molecule has 0 fully saturated rings. The SMILES string of the molecule is CCOC(=O)/N=N/[CH]C(=O)O. The van der Waals surface area contributed by atoms with Crippen molar-refractivity contribution < 1.29 is 19.4 Å². The van der Waals surface area contributed by atoms with E-state index >= 15 is 0 Å². The number of carboxylic acids is 1. The summed E-state index contributed by atoms with van der Waals surface area (Å²) in [6.07, 6.45) is -0.898. The first-order chi connectivity index (χ1) is 5.16. The van der Waals surface area contributed by atoms with Gasteiger partial charge in [-0.2, -0.15) is 5.11 Å². The van der Waals surface area contributed by atoms with Gasteiger partial charge in [-0.1, -0.05) is 5.11 Å². The highest BCUT2D eigenvalue weighted by atomic mass is 16.5. The highest BCUT2D eigenvalue weighted by Gasteiger charge is 1.97. The highest BCUT2D eigenvalue weighted by Crippen LogP contribution is 1.87. The first kappa shape index (κ1) is 9.54. The summed E-state index contributed by atoms with van der Waals surface area (Å²) in [5.41, 5.74) is 0. The number of rotatable bonds is 3. The number of nitrogens with zero attached hydrogens (tertiary/aromatic N) is 2. The Labute approximate surface area is 62.9 Å². The summed E-state index contributed by atoms with van der Waals surface area (Å²) in [6.45, 7) is 2.29. The molecule has 0 aliphatic rings. The van der Waals surface area contributed by atoms with Crippen molar-refractivity contribution in [2.75, 3.05) is 6.61 Å². The van der Waals surface area contributed by atoms with Crippen LogP contribution in [-0.2, 0) is 9.53 Å². The van der Waals surface area contributed by atoms with Crippen LogP contribution in [0.1, 0.15) is 6.92 Å². The lowest BCUT2D eigenvalue weighted by atomic mass is 10.7. The van der Waals surface area contributed by atoms with Gasteiger partial charge in [0.05, 0.1) is 6.61 Å². The van der Waals surface area contributed by atoms with E-state index in [1.807, 2.05) is 0 Å². The van der Waals surface area contributed by atoms with E-state index in [0.29, 0.717) is 6.54 Å².